The van der Waals surface area contributed by atoms with Gasteiger partial charge in [0.15, 0.2) is 11.3 Å². The molecule has 0 aliphatic carbocycles. The molecule has 1 aliphatic heterocycles. The molecule has 1 saturated heterocycles. The monoisotopic (exact) mass is 361 g/mol. The quantitative estimate of drug-likeness (QED) is 0.546. The Kier molecular flexibility index (Phi) is 3.82. The van der Waals surface area contributed by atoms with Gasteiger partial charge in [-0.15, -0.1) is 10.2 Å². The first-order chi connectivity index (χ1) is 13.2. The molecule has 138 valence electrons. The summed E-state index contributed by atoms with van der Waals surface area (Å²) in [6.07, 6.45) is 4.83. The van der Waals surface area contributed by atoms with Crippen LogP contribution in [0.15, 0.2) is 42.7 Å². The lowest BCUT2D eigenvalue weighted by atomic mass is 9.93. The maximum Gasteiger partial charge on any atom is 0.179 e. The van der Waals surface area contributed by atoms with Crippen molar-refractivity contribution in [2.24, 2.45) is 5.92 Å². The topological polar surface area (TPSA) is 88.1 Å². The number of nitrogen functional groups attached to an aromatic ring is 1. The predicted molar refractivity (Wildman–Crippen MR) is 105 cm³/mol. The van der Waals surface area contributed by atoms with Gasteiger partial charge in [0.25, 0.3) is 0 Å². The minimum absolute atomic E-state index is 0.360. The molecule has 3 N–H and O–H groups in total. The summed E-state index contributed by atoms with van der Waals surface area (Å²) >= 11 is 0. The first-order valence-electron chi connectivity index (χ1n) is 9.47. The fourth-order valence-corrected chi connectivity index (χ4v) is 4.32. The third-order valence-corrected chi connectivity index (χ3v) is 5.73. The van der Waals surface area contributed by atoms with E-state index in [-0.39, 0.29) is 0 Å². The second-order valence-corrected chi connectivity index (χ2v) is 7.43. The van der Waals surface area contributed by atoms with Crippen LogP contribution in [0.3, 0.4) is 0 Å². The highest BCUT2D eigenvalue weighted by molar-refractivity contribution is 5.74. The number of anilines is 1. The van der Waals surface area contributed by atoms with Crippen LogP contribution in [-0.4, -0.2) is 42.6 Å². The van der Waals surface area contributed by atoms with Gasteiger partial charge in [0.1, 0.15) is 5.82 Å². The Bertz CT molecular complexity index is 1080. The van der Waals surface area contributed by atoms with Crippen LogP contribution < -0.4 is 5.73 Å². The Morgan fingerprint density at radius 2 is 2.00 bits per heavy atom. The van der Waals surface area contributed by atoms with Crippen LogP contribution in [0.5, 0.6) is 0 Å². The number of hydrogen-bond donors (Lipinski definition) is 2. The molecule has 3 aromatic heterocycles. The maximum atomic E-state index is 5.81. The highest BCUT2D eigenvalue weighted by Gasteiger charge is 2.35. The lowest BCUT2D eigenvalue weighted by Crippen LogP contribution is -2.20. The largest absolute Gasteiger partial charge is 0.399 e. The standard InChI is InChI=1S/C20H23N7/c1-2-14-11-26(10-13-3-5-15(21)6-4-13)12-16(14)20-25-24-18-9-23-19-17(27(18)20)7-8-22-19/h3-9,14,16,22H,2,10-12,21H2,1H3/t14-,16+/m1/s1. The minimum Gasteiger partial charge on any atom is -0.399 e. The van der Waals surface area contributed by atoms with Gasteiger partial charge in [0, 0.05) is 37.4 Å². The maximum absolute atomic E-state index is 5.81. The van der Waals surface area contributed by atoms with Crippen LogP contribution >= 0.6 is 0 Å². The predicted octanol–water partition coefficient (Wildman–Crippen LogP) is 2.81. The number of nitrogens with one attached hydrogen (secondary N) is 1. The summed E-state index contributed by atoms with van der Waals surface area (Å²) in [5.41, 5.74) is 10.6. The van der Waals surface area contributed by atoms with E-state index in [2.05, 4.69) is 48.5 Å². The highest BCUT2D eigenvalue weighted by Crippen LogP contribution is 2.35. The number of fused-ring (bicyclic) bond motifs is 3. The zero-order chi connectivity index (χ0) is 18.4. The number of aromatic nitrogens is 5. The minimum atomic E-state index is 0.360. The van der Waals surface area contributed by atoms with Crippen molar-refractivity contribution >= 4 is 22.5 Å². The van der Waals surface area contributed by atoms with Crippen LogP contribution in [-0.2, 0) is 6.54 Å². The van der Waals surface area contributed by atoms with Gasteiger partial charge in [-0.2, -0.15) is 0 Å². The number of aromatic amines is 1. The van der Waals surface area contributed by atoms with E-state index in [9.17, 15) is 0 Å². The third kappa shape index (κ3) is 2.75. The fourth-order valence-electron chi connectivity index (χ4n) is 4.32. The van der Waals surface area contributed by atoms with Crippen molar-refractivity contribution in [3.8, 4) is 0 Å². The molecular weight excluding hydrogens is 338 g/mol. The second kappa shape index (κ2) is 6.35. The van der Waals surface area contributed by atoms with Gasteiger partial charge in [-0.25, -0.2) is 4.98 Å². The molecule has 5 rings (SSSR count). The van der Waals surface area contributed by atoms with E-state index in [0.717, 1.165) is 54.4 Å². The summed E-state index contributed by atoms with van der Waals surface area (Å²) in [5, 5.41) is 8.96. The van der Waals surface area contributed by atoms with E-state index in [1.165, 1.54) is 5.56 Å². The molecule has 27 heavy (non-hydrogen) atoms. The number of benzene rings is 1. The smallest absolute Gasteiger partial charge is 0.179 e. The second-order valence-electron chi connectivity index (χ2n) is 7.43. The summed E-state index contributed by atoms with van der Waals surface area (Å²) in [6, 6.07) is 10.2. The van der Waals surface area contributed by atoms with Crippen molar-refractivity contribution in [3.05, 3.63) is 54.1 Å². The van der Waals surface area contributed by atoms with E-state index < -0.39 is 0 Å². The summed E-state index contributed by atoms with van der Waals surface area (Å²) in [6.45, 7) is 5.26. The van der Waals surface area contributed by atoms with Gasteiger partial charge >= 0.3 is 0 Å². The molecule has 4 heterocycles. The number of H-pyrrole nitrogens is 1. The Hall–Kier alpha value is -2.93. The van der Waals surface area contributed by atoms with Gasteiger partial charge in [-0.05, 0) is 29.7 Å². The van der Waals surface area contributed by atoms with Crippen molar-refractivity contribution in [3.63, 3.8) is 0 Å². The van der Waals surface area contributed by atoms with E-state index in [4.69, 9.17) is 5.73 Å². The Labute approximate surface area is 157 Å². The van der Waals surface area contributed by atoms with E-state index in [0.29, 0.717) is 11.8 Å². The normalized spacial score (nSPS) is 20.8. The van der Waals surface area contributed by atoms with Crippen LogP contribution in [0.1, 0.15) is 30.7 Å². The van der Waals surface area contributed by atoms with Gasteiger partial charge in [-0.3, -0.25) is 9.30 Å². The van der Waals surface area contributed by atoms with Crippen molar-refractivity contribution in [2.75, 3.05) is 18.8 Å². The van der Waals surface area contributed by atoms with E-state index in [1.54, 1.807) is 6.20 Å². The number of likely N-dealkylation sites (tertiary alicyclic amines) is 1. The average Bonchev–Trinajstić information content (AvgIpc) is 3.39. The van der Waals surface area contributed by atoms with Gasteiger partial charge in [-0.1, -0.05) is 25.5 Å². The van der Waals surface area contributed by atoms with Crippen molar-refractivity contribution in [1.29, 1.82) is 0 Å². The molecule has 0 amide bonds. The molecule has 1 aromatic carbocycles. The number of nitrogens with two attached hydrogens (primary N) is 1. The summed E-state index contributed by atoms with van der Waals surface area (Å²) < 4.78 is 2.17. The fraction of sp³-hybridized carbons (Fsp3) is 0.350. The Morgan fingerprint density at radius 1 is 1.15 bits per heavy atom. The molecule has 0 saturated carbocycles. The molecule has 0 bridgehead atoms. The Balaban J connectivity index is 1.48. The van der Waals surface area contributed by atoms with Crippen molar-refractivity contribution < 1.29 is 0 Å². The molecule has 4 aromatic rings. The van der Waals surface area contributed by atoms with Gasteiger partial charge in [0.05, 0.1) is 11.7 Å². The summed E-state index contributed by atoms with van der Waals surface area (Å²) in [5.74, 6) is 1.97. The molecule has 7 heteroatoms. The first kappa shape index (κ1) is 16.3. The molecule has 0 spiro atoms. The zero-order valence-corrected chi connectivity index (χ0v) is 15.3. The lowest BCUT2D eigenvalue weighted by molar-refractivity contribution is 0.314. The van der Waals surface area contributed by atoms with E-state index in [1.807, 2.05) is 24.4 Å². The molecule has 1 aliphatic rings. The number of nitrogens with zero attached hydrogens (tertiary/aromatic N) is 5. The van der Waals surface area contributed by atoms with E-state index >= 15 is 0 Å². The number of hydrogen-bond acceptors (Lipinski definition) is 5. The van der Waals surface area contributed by atoms with Crippen LogP contribution in [0.2, 0.25) is 0 Å². The highest BCUT2D eigenvalue weighted by atomic mass is 15.3. The van der Waals surface area contributed by atoms with Crippen LogP contribution in [0.25, 0.3) is 16.8 Å². The molecule has 7 nitrogen and oxygen atoms in total. The van der Waals surface area contributed by atoms with Gasteiger partial charge < -0.3 is 10.7 Å². The SMILES string of the molecule is CC[C@@H]1CN(Cc2ccc(N)cc2)C[C@@H]1c1nnc2cnc3[nH]ccc3n12. The molecule has 0 unspecified atom stereocenters. The summed E-state index contributed by atoms with van der Waals surface area (Å²) in [7, 11) is 0. The third-order valence-electron chi connectivity index (χ3n) is 5.73. The lowest BCUT2D eigenvalue weighted by Gasteiger charge is -2.15. The summed E-state index contributed by atoms with van der Waals surface area (Å²) in [4.78, 5) is 10.1. The average molecular weight is 361 g/mol. The van der Waals surface area contributed by atoms with Gasteiger partial charge in [0.2, 0.25) is 0 Å². The molecule has 0 radical (unpaired) electrons. The van der Waals surface area contributed by atoms with Crippen LogP contribution in [0.4, 0.5) is 5.69 Å². The zero-order valence-electron chi connectivity index (χ0n) is 15.3. The molecular formula is C20H23N7. The van der Waals surface area contributed by atoms with Crippen molar-refractivity contribution in [2.45, 2.75) is 25.8 Å². The molecule has 2 atom stereocenters. The number of rotatable bonds is 4. The Morgan fingerprint density at radius 3 is 2.81 bits per heavy atom. The van der Waals surface area contributed by atoms with Crippen LogP contribution in [0, 0.1) is 5.92 Å². The first-order valence-corrected chi connectivity index (χ1v) is 9.47. The van der Waals surface area contributed by atoms with Crippen molar-refractivity contribution in [1.82, 2.24) is 29.5 Å². The molecule has 1 fully saturated rings.